The summed E-state index contributed by atoms with van der Waals surface area (Å²) < 4.78 is 7.45. The fourth-order valence-electron chi connectivity index (χ4n) is 3.76. The second-order valence-electron chi connectivity index (χ2n) is 7.78. The molecule has 7 heteroatoms. The average molecular weight is 401 g/mol. The fourth-order valence-corrected chi connectivity index (χ4v) is 3.76. The summed E-state index contributed by atoms with van der Waals surface area (Å²) in [5, 5.41) is 7.73. The van der Waals surface area contributed by atoms with E-state index in [-0.39, 0.29) is 5.91 Å². The Morgan fingerprint density at radius 1 is 1.27 bits per heavy atom. The number of imidazole rings is 1. The molecule has 0 bridgehead atoms. The van der Waals surface area contributed by atoms with Gasteiger partial charge in [0.15, 0.2) is 0 Å². The number of hydrogen-bond donors (Lipinski definition) is 1. The van der Waals surface area contributed by atoms with Crippen molar-refractivity contribution in [2.24, 2.45) is 0 Å². The Labute approximate surface area is 174 Å². The Bertz CT molecular complexity index is 1190. The van der Waals surface area contributed by atoms with E-state index in [1.807, 2.05) is 37.4 Å². The van der Waals surface area contributed by atoms with Gasteiger partial charge in [-0.2, -0.15) is 0 Å². The minimum atomic E-state index is -0.128. The molecule has 0 spiro atoms. The number of nitrogens with zero attached hydrogens (tertiary/aromatic N) is 4. The second kappa shape index (κ2) is 7.74. The van der Waals surface area contributed by atoms with Crippen molar-refractivity contribution in [3.8, 4) is 0 Å². The standard InChI is InChI=1S/C23H23N5O2/c1-15-21-18(13-19(17-7-8-17)26-23(21)30-27-15)22(29)25-10-9-20-24-11-12-28(20)14-16-5-3-2-4-6-16/h2-6,11-13,17H,7-10,14H2,1H3,(H,25,29). The first kappa shape index (κ1) is 18.5. The van der Waals surface area contributed by atoms with Gasteiger partial charge in [-0.05, 0) is 31.4 Å². The molecule has 7 nitrogen and oxygen atoms in total. The van der Waals surface area contributed by atoms with Crippen LogP contribution in [0.4, 0.5) is 0 Å². The number of aromatic nitrogens is 4. The van der Waals surface area contributed by atoms with Crippen molar-refractivity contribution in [1.29, 1.82) is 0 Å². The molecule has 0 unspecified atom stereocenters. The van der Waals surface area contributed by atoms with Gasteiger partial charge in [0.25, 0.3) is 11.6 Å². The summed E-state index contributed by atoms with van der Waals surface area (Å²) in [6, 6.07) is 12.2. The molecular weight excluding hydrogens is 378 g/mol. The zero-order valence-corrected chi connectivity index (χ0v) is 16.8. The Balaban J connectivity index is 1.29. The first-order valence-electron chi connectivity index (χ1n) is 10.3. The van der Waals surface area contributed by atoms with Gasteiger partial charge in [0, 0.05) is 43.5 Å². The van der Waals surface area contributed by atoms with Gasteiger partial charge >= 0.3 is 0 Å². The third-order valence-corrected chi connectivity index (χ3v) is 5.51. The fraction of sp³-hybridized carbons (Fsp3) is 0.304. The van der Waals surface area contributed by atoms with E-state index in [1.165, 1.54) is 5.56 Å². The van der Waals surface area contributed by atoms with Gasteiger partial charge in [0.1, 0.15) is 5.82 Å². The van der Waals surface area contributed by atoms with E-state index in [4.69, 9.17) is 4.52 Å². The van der Waals surface area contributed by atoms with Crippen LogP contribution >= 0.6 is 0 Å². The molecule has 152 valence electrons. The maximum Gasteiger partial charge on any atom is 0.259 e. The van der Waals surface area contributed by atoms with Gasteiger partial charge in [0.05, 0.1) is 16.6 Å². The van der Waals surface area contributed by atoms with E-state index in [9.17, 15) is 4.79 Å². The number of carbonyl (C=O) groups excluding carboxylic acids is 1. The van der Waals surface area contributed by atoms with E-state index in [0.29, 0.717) is 41.2 Å². The number of fused-ring (bicyclic) bond motifs is 1. The number of benzene rings is 1. The van der Waals surface area contributed by atoms with Crippen molar-refractivity contribution in [2.75, 3.05) is 6.54 Å². The predicted molar refractivity (Wildman–Crippen MR) is 112 cm³/mol. The minimum Gasteiger partial charge on any atom is -0.352 e. The van der Waals surface area contributed by atoms with Crippen LogP contribution in [0.25, 0.3) is 11.1 Å². The maximum atomic E-state index is 13.0. The molecule has 3 aromatic heterocycles. The van der Waals surface area contributed by atoms with Crippen molar-refractivity contribution in [3.05, 3.63) is 77.1 Å². The van der Waals surface area contributed by atoms with E-state index in [1.54, 1.807) is 6.20 Å². The Morgan fingerprint density at radius 2 is 2.10 bits per heavy atom. The highest BCUT2D eigenvalue weighted by molar-refractivity contribution is 6.06. The van der Waals surface area contributed by atoms with Crippen LogP contribution in [0.2, 0.25) is 0 Å². The van der Waals surface area contributed by atoms with E-state index >= 15 is 0 Å². The second-order valence-corrected chi connectivity index (χ2v) is 7.78. The van der Waals surface area contributed by atoms with Crippen LogP contribution in [-0.2, 0) is 13.0 Å². The van der Waals surface area contributed by atoms with Gasteiger partial charge < -0.3 is 14.4 Å². The molecule has 3 heterocycles. The average Bonchev–Trinajstić information content (AvgIpc) is 3.43. The molecular formula is C23H23N5O2. The number of aryl methyl sites for hydroxylation is 1. The summed E-state index contributed by atoms with van der Waals surface area (Å²) in [4.78, 5) is 22.0. The molecule has 1 aliphatic rings. The highest BCUT2D eigenvalue weighted by atomic mass is 16.5. The lowest BCUT2D eigenvalue weighted by Crippen LogP contribution is -2.27. The normalized spacial score (nSPS) is 13.6. The third-order valence-electron chi connectivity index (χ3n) is 5.51. The van der Waals surface area contributed by atoms with Crippen LogP contribution in [0.15, 0.2) is 53.3 Å². The molecule has 4 aromatic rings. The van der Waals surface area contributed by atoms with Gasteiger partial charge in [-0.25, -0.2) is 9.97 Å². The maximum absolute atomic E-state index is 13.0. The van der Waals surface area contributed by atoms with Crippen LogP contribution in [0.3, 0.4) is 0 Å². The Morgan fingerprint density at radius 3 is 2.90 bits per heavy atom. The molecule has 1 fully saturated rings. The molecule has 0 radical (unpaired) electrons. The number of nitrogens with one attached hydrogen (secondary N) is 1. The van der Waals surface area contributed by atoms with Crippen molar-refractivity contribution >= 4 is 17.0 Å². The first-order chi connectivity index (χ1) is 14.7. The number of hydrogen-bond acceptors (Lipinski definition) is 5. The summed E-state index contributed by atoms with van der Waals surface area (Å²) in [6.07, 6.45) is 6.64. The van der Waals surface area contributed by atoms with E-state index in [2.05, 4.69) is 37.1 Å². The predicted octanol–water partition coefficient (Wildman–Crippen LogP) is 3.63. The van der Waals surface area contributed by atoms with Crippen LogP contribution in [0, 0.1) is 6.92 Å². The van der Waals surface area contributed by atoms with Crippen LogP contribution in [0.1, 0.15) is 51.9 Å². The number of amides is 1. The topological polar surface area (TPSA) is 85.8 Å². The van der Waals surface area contributed by atoms with Crippen molar-refractivity contribution in [2.45, 2.75) is 38.6 Å². The molecule has 1 amide bonds. The van der Waals surface area contributed by atoms with Crippen LogP contribution in [0.5, 0.6) is 0 Å². The summed E-state index contributed by atoms with van der Waals surface area (Å²) >= 11 is 0. The number of pyridine rings is 1. The lowest BCUT2D eigenvalue weighted by molar-refractivity contribution is 0.0955. The summed E-state index contributed by atoms with van der Waals surface area (Å²) in [5.41, 5.74) is 3.86. The van der Waals surface area contributed by atoms with Crippen molar-refractivity contribution < 1.29 is 9.32 Å². The SMILES string of the molecule is Cc1noc2nc(C3CC3)cc(C(=O)NCCc3nccn3Cc3ccccc3)c12. The molecule has 1 aliphatic carbocycles. The van der Waals surface area contributed by atoms with Crippen molar-refractivity contribution in [3.63, 3.8) is 0 Å². The van der Waals surface area contributed by atoms with E-state index in [0.717, 1.165) is 30.9 Å². The smallest absolute Gasteiger partial charge is 0.259 e. The molecule has 1 saturated carbocycles. The van der Waals surface area contributed by atoms with Crippen LogP contribution < -0.4 is 5.32 Å². The first-order valence-corrected chi connectivity index (χ1v) is 10.3. The number of rotatable bonds is 7. The highest BCUT2D eigenvalue weighted by Crippen LogP contribution is 2.40. The van der Waals surface area contributed by atoms with E-state index < -0.39 is 0 Å². The zero-order valence-electron chi connectivity index (χ0n) is 16.8. The molecule has 1 aromatic carbocycles. The summed E-state index contributed by atoms with van der Waals surface area (Å²) in [6.45, 7) is 3.10. The minimum absolute atomic E-state index is 0.128. The molecule has 0 atom stereocenters. The van der Waals surface area contributed by atoms with Gasteiger partial charge in [-0.15, -0.1) is 0 Å². The quantitative estimate of drug-likeness (QED) is 0.511. The van der Waals surface area contributed by atoms with Gasteiger partial charge in [0.2, 0.25) is 0 Å². The van der Waals surface area contributed by atoms with Crippen LogP contribution in [-0.4, -0.2) is 32.1 Å². The van der Waals surface area contributed by atoms with Gasteiger partial charge in [-0.3, -0.25) is 4.79 Å². The van der Waals surface area contributed by atoms with Crippen molar-refractivity contribution in [1.82, 2.24) is 25.0 Å². The lowest BCUT2D eigenvalue weighted by Gasteiger charge is -2.10. The molecule has 0 aliphatic heterocycles. The molecule has 0 saturated heterocycles. The summed E-state index contributed by atoms with van der Waals surface area (Å²) in [5.74, 6) is 1.24. The largest absolute Gasteiger partial charge is 0.352 e. The monoisotopic (exact) mass is 401 g/mol. The Kier molecular flexibility index (Phi) is 4.78. The molecule has 30 heavy (non-hydrogen) atoms. The highest BCUT2D eigenvalue weighted by Gasteiger charge is 2.28. The lowest BCUT2D eigenvalue weighted by atomic mass is 10.1. The van der Waals surface area contributed by atoms with Gasteiger partial charge in [-0.1, -0.05) is 35.5 Å². The summed E-state index contributed by atoms with van der Waals surface area (Å²) in [7, 11) is 0. The third kappa shape index (κ3) is 3.70. The molecule has 5 rings (SSSR count). The zero-order chi connectivity index (χ0) is 20.5. The molecule has 1 N–H and O–H groups in total. The Hall–Kier alpha value is -3.48. The number of carbonyl (C=O) groups is 1.